The Morgan fingerprint density at radius 1 is 1.28 bits per heavy atom. The molecule has 1 saturated carbocycles. The molecule has 4 N–H and O–H groups in total. The SMILES string of the molecule is C[C@@H](c1ccc2[nH]ccc2n1)N(C)c1nccc(Nc2cc([C@@H]3C[C@H]3F)[nH]n2)n1.O=CO. The van der Waals surface area contributed by atoms with Crippen LogP contribution in [-0.2, 0) is 4.79 Å². The van der Waals surface area contributed by atoms with Gasteiger partial charge in [0.25, 0.3) is 6.47 Å². The number of carboxylic acid groups (broad SMARTS) is 1. The molecule has 1 aliphatic carbocycles. The summed E-state index contributed by atoms with van der Waals surface area (Å²) in [5, 5.41) is 17.1. The van der Waals surface area contributed by atoms with E-state index in [0.717, 1.165) is 22.4 Å². The van der Waals surface area contributed by atoms with Gasteiger partial charge in [0.2, 0.25) is 5.95 Å². The van der Waals surface area contributed by atoms with Gasteiger partial charge in [-0.1, -0.05) is 0 Å². The fraction of sp³-hybridized carbons (Fsp3) is 0.286. The number of anilines is 3. The molecule has 0 bridgehead atoms. The third-order valence-electron chi connectivity index (χ3n) is 5.36. The van der Waals surface area contributed by atoms with Crippen LogP contribution in [0.2, 0.25) is 0 Å². The number of fused-ring (bicyclic) bond motifs is 1. The topological polar surface area (TPSA) is 136 Å². The maximum absolute atomic E-state index is 13.2. The first-order valence-corrected chi connectivity index (χ1v) is 10.0. The summed E-state index contributed by atoms with van der Waals surface area (Å²) in [5.41, 5.74) is 3.68. The van der Waals surface area contributed by atoms with Gasteiger partial charge >= 0.3 is 0 Å². The zero-order chi connectivity index (χ0) is 22.7. The highest BCUT2D eigenvalue weighted by molar-refractivity contribution is 5.74. The van der Waals surface area contributed by atoms with E-state index in [9.17, 15) is 4.39 Å². The predicted molar refractivity (Wildman–Crippen MR) is 118 cm³/mol. The van der Waals surface area contributed by atoms with Gasteiger partial charge in [-0.05, 0) is 37.6 Å². The maximum Gasteiger partial charge on any atom is 0.290 e. The molecule has 1 aliphatic rings. The van der Waals surface area contributed by atoms with Crippen molar-refractivity contribution in [3.8, 4) is 0 Å². The van der Waals surface area contributed by atoms with Crippen LogP contribution in [0.1, 0.15) is 36.7 Å². The van der Waals surface area contributed by atoms with Crippen molar-refractivity contribution in [2.24, 2.45) is 0 Å². The van der Waals surface area contributed by atoms with Crippen molar-refractivity contribution in [1.82, 2.24) is 30.1 Å². The Morgan fingerprint density at radius 2 is 2.06 bits per heavy atom. The molecule has 0 aliphatic heterocycles. The smallest absolute Gasteiger partial charge is 0.290 e. The van der Waals surface area contributed by atoms with Gasteiger partial charge < -0.3 is 20.3 Å². The Bertz CT molecular complexity index is 1210. The number of rotatable bonds is 6. The highest BCUT2D eigenvalue weighted by Crippen LogP contribution is 2.43. The first kappa shape index (κ1) is 21.2. The molecule has 4 heterocycles. The number of carbonyl (C=O) groups is 1. The number of nitrogens with zero attached hydrogens (tertiary/aromatic N) is 5. The first-order valence-electron chi connectivity index (χ1n) is 10.0. The van der Waals surface area contributed by atoms with Crippen molar-refractivity contribution >= 4 is 35.1 Å². The fourth-order valence-electron chi connectivity index (χ4n) is 3.35. The summed E-state index contributed by atoms with van der Waals surface area (Å²) >= 11 is 0. The van der Waals surface area contributed by atoms with E-state index < -0.39 is 6.17 Å². The zero-order valence-corrected chi connectivity index (χ0v) is 17.5. The summed E-state index contributed by atoms with van der Waals surface area (Å²) in [6.45, 7) is 1.81. The number of halogens is 1. The average Bonchev–Trinajstić information content (AvgIpc) is 3.18. The first-order chi connectivity index (χ1) is 15.5. The molecule has 0 aromatic carbocycles. The van der Waals surface area contributed by atoms with E-state index in [1.807, 2.05) is 42.4 Å². The molecule has 0 unspecified atom stereocenters. The minimum Gasteiger partial charge on any atom is -0.483 e. The van der Waals surface area contributed by atoms with Gasteiger partial charge in [-0.15, -0.1) is 0 Å². The third-order valence-corrected chi connectivity index (χ3v) is 5.36. The lowest BCUT2D eigenvalue weighted by Gasteiger charge is -2.24. The Balaban J connectivity index is 0.000000775. The van der Waals surface area contributed by atoms with Crippen LogP contribution in [0, 0.1) is 0 Å². The summed E-state index contributed by atoms with van der Waals surface area (Å²) < 4.78 is 13.2. The van der Waals surface area contributed by atoms with Gasteiger partial charge in [0.15, 0.2) is 5.82 Å². The summed E-state index contributed by atoms with van der Waals surface area (Å²) in [4.78, 5) is 27.2. The third kappa shape index (κ3) is 4.51. The summed E-state index contributed by atoms with van der Waals surface area (Å²) in [5.74, 6) is 1.74. The number of aromatic amines is 2. The second-order valence-electron chi connectivity index (χ2n) is 7.47. The minimum atomic E-state index is -0.761. The second kappa shape index (κ2) is 9.00. The van der Waals surface area contributed by atoms with E-state index in [-0.39, 0.29) is 18.4 Å². The molecule has 3 atom stereocenters. The van der Waals surface area contributed by atoms with Crippen LogP contribution in [0.3, 0.4) is 0 Å². The largest absolute Gasteiger partial charge is 0.483 e. The number of aromatic nitrogens is 6. The normalized spacial score (nSPS) is 17.8. The Morgan fingerprint density at radius 3 is 2.81 bits per heavy atom. The molecular formula is C21H23FN8O2. The maximum atomic E-state index is 13.2. The highest BCUT2D eigenvalue weighted by Gasteiger charge is 2.40. The number of H-pyrrole nitrogens is 2. The molecule has 0 radical (unpaired) electrons. The number of alkyl halides is 1. The molecule has 5 rings (SSSR count). The number of hydrogen-bond donors (Lipinski definition) is 4. The minimum absolute atomic E-state index is 0.0158. The molecule has 4 aromatic heterocycles. The van der Waals surface area contributed by atoms with Gasteiger partial charge in [-0.2, -0.15) is 10.1 Å². The molecule has 0 spiro atoms. The molecule has 4 aromatic rings. The molecule has 0 amide bonds. The lowest BCUT2D eigenvalue weighted by atomic mass is 10.2. The molecule has 32 heavy (non-hydrogen) atoms. The van der Waals surface area contributed by atoms with Crippen molar-refractivity contribution in [3.63, 3.8) is 0 Å². The van der Waals surface area contributed by atoms with Crippen molar-refractivity contribution in [3.05, 3.63) is 54.1 Å². The average molecular weight is 438 g/mol. The fourth-order valence-corrected chi connectivity index (χ4v) is 3.35. The molecule has 166 valence electrons. The second-order valence-corrected chi connectivity index (χ2v) is 7.47. The van der Waals surface area contributed by atoms with E-state index in [1.165, 1.54) is 0 Å². The summed E-state index contributed by atoms with van der Waals surface area (Å²) in [6.07, 6.45) is 3.38. The van der Waals surface area contributed by atoms with E-state index in [0.29, 0.717) is 24.0 Å². The summed E-state index contributed by atoms with van der Waals surface area (Å²) in [7, 11) is 1.94. The number of hydrogen-bond acceptors (Lipinski definition) is 7. The van der Waals surface area contributed by atoms with Crippen LogP contribution < -0.4 is 10.2 Å². The van der Waals surface area contributed by atoms with Crippen LogP contribution in [0.4, 0.5) is 22.0 Å². The van der Waals surface area contributed by atoms with Gasteiger partial charge in [-0.25, -0.2) is 14.4 Å². The van der Waals surface area contributed by atoms with Crippen LogP contribution in [0.15, 0.2) is 42.7 Å². The molecular weight excluding hydrogens is 415 g/mol. The lowest BCUT2D eigenvalue weighted by Crippen LogP contribution is -2.24. The quantitative estimate of drug-likeness (QED) is 0.336. The van der Waals surface area contributed by atoms with Crippen LogP contribution in [0.25, 0.3) is 11.0 Å². The standard InChI is InChI=1S/C20H21FN8.CH2O2/c1-11(14-3-4-15-16(24-14)5-7-22-15)29(2)20-23-8-6-18(26-20)25-19-10-17(27-28-19)12-9-13(12)21;2-1-3/h3-8,10-13,22H,9H2,1-2H3,(H2,23,25,26,27,28);1H,(H,2,3)/t11-,12+,13+;/m0./s1. The van der Waals surface area contributed by atoms with Crippen LogP contribution >= 0.6 is 0 Å². The van der Waals surface area contributed by atoms with Crippen molar-refractivity contribution in [1.29, 1.82) is 0 Å². The van der Waals surface area contributed by atoms with E-state index >= 15 is 0 Å². The van der Waals surface area contributed by atoms with Gasteiger partial charge in [-0.3, -0.25) is 9.89 Å². The molecule has 1 fully saturated rings. The summed E-state index contributed by atoms with van der Waals surface area (Å²) in [6, 6.07) is 9.57. The van der Waals surface area contributed by atoms with Crippen molar-refractivity contribution in [2.45, 2.75) is 31.5 Å². The van der Waals surface area contributed by atoms with Gasteiger partial charge in [0, 0.05) is 37.1 Å². The van der Waals surface area contributed by atoms with Gasteiger partial charge in [0.05, 0.1) is 22.8 Å². The molecule has 0 saturated heterocycles. The van der Waals surface area contributed by atoms with Crippen LogP contribution in [0.5, 0.6) is 0 Å². The van der Waals surface area contributed by atoms with E-state index in [4.69, 9.17) is 14.9 Å². The number of nitrogens with one attached hydrogen (secondary N) is 3. The zero-order valence-electron chi connectivity index (χ0n) is 17.5. The van der Waals surface area contributed by atoms with E-state index in [1.54, 1.807) is 12.3 Å². The Kier molecular flexibility index (Phi) is 5.97. The predicted octanol–water partition coefficient (Wildman–Crippen LogP) is 3.54. The molecule has 11 heteroatoms. The highest BCUT2D eigenvalue weighted by atomic mass is 19.1. The van der Waals surface area contributed by atoms with Crippen molar-refractivity contribution < 1.29 is 14.3 Å². The van der Waals surface area contributed by atoms with Gasteiger partial charge in [0.1, 0.15) is 12.0 Å². The number of pyridine rings is 1. The van der Waals surface area contributed by atoms with E-state index in [2.05, 4.69) is 37.4 Å². The van der Waals surface area contributed by atoms with Crippen LogP contribution in [-0.4, -0.2) is 54.9 Å². The Hall–Kier alpha value is -4.02. The molecule has 10 nitrogen and oxygen atoms in total. The van der Waals surface area contributed by atoms with Crippen molar-refractivity contribution in [2.75, 3.05) is 17.3 Å². The lowest BCUT2D eigenvalue weighted by molar-refractivity contribution is -0.122. The Labute approximate surface area is 182 Å². The monoisotopic (exact) mass is 438 g/mol.